The van der Waals surface area contributed by atoms with Gasteiger partial charge in [-0.1, -0.05) is 6.92 Å². The molecule has 2 aromatic heterocycles. The maximum Gasteiger partial charge on any atom is 0.231 e. The van der Waals surface area contributed by atoms with Crippen LogP contribution in [0.4, 0.5) is 0 Å². The van der Waals surface area contributed by atoms with Gasteiger partial charge in [-0.25, -0.2) is 0 Å². The topological polar surface area (TPSA) is 99.9 Å². The number of nitrogens with one attached hydrogen (secondary N) is 1. The zero-order valence-electron chi connectivity index (χ0n) is 15.4. The molecule has 0 radical (unpaired) electrons. The Morgan fingerprint density at radius 3 is 2.74 bits per heavy atom. The summed E-state index contributed by atoms with van der Waals surface area (Å²) in [6.45, 7) is 2.52. The molecule has 0 aliphatic heterocycles. The first kappa shape index (κ1) is 18.4. The summed E-state index contributed by atoms with van der Waals surface area (Å²) >= 11 is 0. The Balaban J connectivity index is 1.84. The van der Waals surface area contributed by atoms with Gasteiger partial charge in [0.05, 0.1) is 26.3 Å². The molecule has 9 heteroatoms. The largest absolute Gasteiger partial charge is 0.497 e. The standard InChI is InChI=1S/C18H21N5O4/c1-4-16(24)19-9-10-27-17-8-7-15-20-21-18(23(15)22-17)13-6-5-12(25-2)11-14(13)26-3/h5-8,11H,4,9-10H2,1-3H3,(H,19,24). The highest BCUT2D eigenvalue weighted by Crippen LogP contribution is 2.32. The summed E-state index contributed by atoms with van der Waals surface area (Å²) < 4.78 is 17.9. The van der Waals surface area contributed by atoms with Crippen molar-refractivity contribution in [3.8, 4) is 28.8 Å². The molecule has 142 valence electrons. The van der Waals surface area contributed by atoms with E-state index in [0.29, 0.717) is 48.4 Å². The van der Waals surface area contributed by atoms with E-state index >= 15 is 0 Å². The summed E-state index contributed by atoms with van der Waals surface area (Å²) in [5.41, 5.74) is 1.31. The van der Waals surface area contributed by atoms with Crippen molar-refractivity contribution in [1.82, 2.24) is 25.1 Å². The molecule has 0 aliphatic rings. The van der Waals surface area contributed by atoms with E-state index in [9.17, 15) is 4.79 Å². The van der Waals surface area contributed by atoms with E-state index < -0.39 is 0 Å². The van der Waals surface area contributed by atoms with Gasteiger partial charge in [0.2, 0.25) is 11.8 Å². The molecule has 0 saturated carbocycles. The van der Waals surface area contributed by atoms with Gasteiger partial charge in [0.25, 0.3) is 0 Å². The number of hydrogen-bond donors (Lipinski definition) is 1. The molecule has 0 atom stereocenters. The molecule has 27 heavy (non-hydrogen) atoms. The lowest BCUT2D eigenvalue weighted by Gasteiger charge is -2.09. The zero-order chi connectivity index (χ0) is 19.2. The fraction of sp³-hybridized carbons (Fsp3) is 0.333. The van der Waals surface area contributed by atoms with E-state index in [1.54, 1.807) is 43.9 Å². The highest BCUT2D eigenvalue weighted by molar-refractivity contribution is 5.75. The van der Waals surface area contributed by atoms with Gasteiger partial charge < -0.3 is 19.5 Å². The van der Waals surface area contributed by atoms with E-state index in [2.05, 4.69) is 20.6 Å². The lowest BCUT2D eigenvalue weighted by atomic mass is 10.2. The van der Waals surface area contributed by atoms with Gasteiger partial charge in [-0.2, -0.15) is 4.52 Å². The van der Waals surface area contributed by atoms with Crippen LogP contribution in [0, 0.1) is 0 Å². The molecule has 0 bridgehead atoms. The van der Waals surface area contributed by atoms with Gasteiger partial charge in [0, 0.05) is 18.6 Å². The molecule has 1 amide bonds. The Morgan fingerprint density at radius 2 is 2.00 bits per heavy atom. The minimum atomic E-state index is -0.0188. The quantitative estimate of drug-likeness (QED) is 0.602. The number of hydrogen-bond acceptors (Lipinski definition) is 7. The van der Waals surface area contributed by atoms with Gasteiger partial charge in [0.1, 0.15) is 18.1 Å². The molecule has 0 fully saturated rings. The molecular formula is C18H21N5O4. The van der Waals surface area contributed by atoms with E-state index in [4.69, 9.17) is 14.2 Å². The van der Waals surface area contributed by atoms with Gasteiger partial charge in [-0.3, -0.25) is 4.79 Å². The molecule has 2 heterocycles. The maximum atomic E-state index is 11.2. The van der Waals surface area contributed by atoms with Crippen LogP contribution in [-0.2, 0) is 4.79 Å². The fourth-order valence-electron chi connectivity index (χ4n) is 2.47. The highest BCUT2D eigenvalue weighted by Gasteiger charge is 2.15. The van der Waals surface area contributed by atoms with Crippen LogP contribution in [0.1, 0.15) is 13.3 Å². The number of benzene rings is 1. The predicted octanol–water partition coefficient (Wildman–Crippen LogP) is 1.71. The molecule has 9 nitrogen and oxygen atoms in total. The van der Waals surface area contributed by atoms with Crippen molar-refractivity contribution in [2.45, 2.75) is 13.3 Å². The van der Waals surface area contributed by atoms with Crippen molar-refractivity contribution >= 4 is 11.6 Å². The number of carbonyl (C=O) groups is 1. The fourth-order valence-corrected chi connectivity index (χ4v) is 2.47. The number of ether oxygens (including phenoxy) is 3. The summed E-state index contributed by atoms with van der Waals surface area (Å²) in [7, 11) is 3.17. The molecule has 0 aliphatic carbocycles. The maximum absolute atomic E-state index is 11.2. The third-order valence-corrected chi connectivity index (χ3v) is 3.88. The average molecular weight is 371 g/mol. The van der Waals surface area contributed by atoms with Crippen LogP contribution in [0.25, 0.3) is 17.0 Å². The van der Waals surface area contributed by atoms with Gasteiger partial charge in [0.15, 0.2) is 11.5 Å². The molecule has 3 rings (SSSR count). The van der Waals surface area contributed by atoms with Crippen molar-refractivity contribution in [2.75, 3.05) is 27.4 Å². The first-order chi connectivity index (χ1) is 13.2. The van der Waals surface area contributed by atoms with Crippen LogP contribution in [0.5, 0.6) is 17.4 Å². The number of carbonyl (C=O) groups excluding carboxylic acids is 1. The highest BCUT2D eigenvalue weighted by atomic mass is 16.5. The second-order valence-corrected chi connectivity index (χ2v) is 5.58. The second kappa shape index (κ2) is 8.35. The Bertz CT molecular complexity index is 941. The molecular weight excluding hydrogens is 350 g/mol. The number of rotatable bonds is 8. The van der Waals surface area contributed by atoms with Crippen molar-refractivity contribution in [3.05, 3.63) is 30.3 Å². The Morgan fingerprint density at radius 1 is 1.15 bits per heavy atom. The zero-order valence-corrected chi connectivity index (χ0v) is 15.4. The summed E-state index contributed by atoms with van der Waals surface area (Å²) in [4.78, 5) is 11.2. The van der Waals surface area contributed by atoms with Crippen LogP contribution in [0.3, 0.4) is 0 Å². The molecule has 0 unspecified atom stereocenters. The van der Waals surface area contributed by atoms with E-state index in [1.165, 1.54) is 0 Å². The minimum absolute atomic E-state index is 0.0188. The normalized spacial score (nSPS) is 10.6. The molecule has 1 aromatic carbocycles. The number of fused-ring (bicyclic) bond motifs is 1. The van der Waals surface area contributed by atoms with E-state index in [-0.39, 0.29) is 5.91 Å². The van der Waals surface area contributed by atoms with Crippen LogP contribution >= 0.6 is 0 Å². The molecule has 1 N–H and O–H groups in total. The Hall–Kier alpha value is -3.36. The number of amides is 1. The summed E-state index contributed by atoms with van der Waals surface area (Å²) in [6.07, 6.45) is 0.442. The van der Waals surface area contributed by atoms with Crippen LogP contribution < -0.4 is 19.5 Å². The minimum Gasteiger partial charge on any atom is -0.497 e. The summed E-state index contributed by atoms with van der Waals surface area (Å²) in [5, 5.41) is 15.5. The first-order valence-corrected chi connectivity index (χ1v) is 8.50. The molecule has 3 aromatic rings. The van der Waals surface area contributed by atoms with Crippen LogP contribution in [0.2, 0.25) is 0 Å². The summed E-state index contributed by atoms with van der Waals surface area (Å²) in [5.74, 6) is 2.18. The van der Waals surface area contributed by atoms with Crippen molar-refractivity contribution in [1.29, 1.82) is 0 Å². The van der Waals surface area contributed by atoms with Gasteiger partial charge >= 0.3 is 0 Å². The van der Waals surface area contributed by atoms with Gasteiger partial charge in [-0.05, 0) is 18.2 Å². The Labute approximate surface area is 156 Å². The van der Waals surface area contributed by atoms with Crippen molar-refractivity contribution in [3.63, 3.8) is 0 Å². The van der Waals surface area contributed by atoms with Crippen molar-refractivity contribution < 1.29 is 19.0 Å². The van der Waals surface area contributed by atoms with Crippen LogP contribution in [0.15, 0.2) is 30.3 Å². The van der Waals surface area contributed by atoms with Crippen molar-refractivity contribution in [2.24, 2.45) is 0 Å². The van der Waals surface area contributed by atoms with E-state index in [1.807, 2.05) is 12.1 Å². The van der Waals surface area contributed by atoms with E-state index in [0.717, 1.165) is 5.56 Å². The smallest absolute Gasteiger partial charge is 0.231 e. The number of aromatic nitrogens is 4. The molecule has 0 spiro atoms. The number of methoxy groups -OCH3 is 2. The first-order valence-electron chi connectivity index (χ1n) is 8.50. The number of nitrogens with zero attached hydrogens (tertiary/aromatic N) is 4. The molecule has 0 saturated heterocycles. The second-order valence-electron chi connectivity index (χ2n) is 5.58. The third kappa shape index (κ3) is 4.08. The Kier molecular flexibility index (Phi) is 5.70. The monoisotopic (exact) mass is 371 g/mol. The van der Waals surface area contributed by atoms with Gasteiger partial charge in [-0.15, -0.1) is 15.3 Å². The SMILES string of the molecule is CCC(=O)NCCOc1ccc2nnc(-c3ccc(OC)cc3OC)n2n1. The lowest BCUT2D eigenvalue weighted by Crippen LogP contribution is -2.27. The average Bonchev–Trinajstić information content (AvgIpc) is 3.13. The predicted molar refractivity (Wildman–Crippen MR) is 98.1 cm³/mol. The lowest BCUT2D eigenvalue weighted by molar-refractivity contribution is -0.120. The van der Waals surface area contributed by atoms with Crippen LogP contribution in [-0.4, -0.2) is 53.1 Å². The summed E-state index contributed by atoms with van der Waals surface area (Å²) in [6, 6.07) is 8.90. The third-order valence-electron chi connectivity index (χ3n) is 3.88.